The first-order valence-electron chi connectivity index (χ1n) is 4.98. The predicted molar refractivity (Wildman–Crippen MR) is 57.6 cm³/mol. The molecular formula is C10H20N2O3. The maximum atomic E-state index is 11.5. The first-order valence-corrected chi connectivity index (χ1v) is 4.98. The van der Waals surface area contributed by atoms with Crippen molar-refractivity contribution in [3.63, 3.8) is 0 Å². The highest BCUT2D eigenvalue weighted by molar-refractivity contribution is 5.79. The fourth-order valence-corrected chi connectivity index (χ4v) is 1.04. The van der Waals surface area contributed by atoms with Crippen LogP contribution in [0.25, 0.3) is 0 Å². The quantitative estimate of drug-likeness (QED) is 0.670. The van der Waals surface area contributed by atoms with Gasteiger partial charge in [-0.3, -0.25) is 14.5 Å². The van der Waals surface area contributed by atoms with Gasteiger partial charge in [-0.1, -0.05) is 6.92 Å². The van der Waals surface area contributed by atoms with Crippen LogP contribution in [-0.4, -0.2) is 47.6 Å². The predicted octanol–water partition coefficient (Wildman–Crippen LogP) is 0.308. The van der Waals surface area contributed by atoms with Crippen LogP contribution in [0.15, 0.2) is 0 Å². The monoisotopic (exact) mass is 216 g/mol. The van der Waals surface area contributed by atoms with Crippen LogP contribution in [0.1, 0.15) is 27.2 Å². The molecule has 0 aromatic heterocycles. The maximum Gasteiger partial charge on any atom is 0.317 e. The van der Waals surface area contributed by atoms with E-state index in [-0.39, 0.29) is 24.5 Å². The summed E-state index contributed by atoms with van der Waals surface area (Å²) in [5, 5.41) is 11.3. The molecule has 0 atom stereocenters. The summed E-state index contributed by atoms with van der Waals surface area (Å²) in [7, 11) is 1.60. The number of carbonyl (C=O) groups excluding carboxylic acids is 1. The van der Waals surface area contributed by atoms with Crippen molar-refractivity contribution in [1.82, 2.24) is 10.2 Å². The largest absolute Gasteiger partial charge is 0.480 e. The third-order valence-electron chi connectivity index (χ3n) is 2.18. The van der Waals surface area contributed by atoms with Crippen molar-refractivity contribution in [2.75, 3.05) is 20.1 Å². The van der Waals surface area contributed by atoms with Gasteiger partial charge in [-0.25, -0.2) is 0 Å². The van der Waals surface area contributed by atoms with Crippen LogP contribution in [0.3, 0.4) is 0 Å². The smallest absolute Gasteiger partial charge is 0.317 e. The lowest BCUT2D eigenvalue weighted by Gasteiger charge is -2.25. The van der Waals surface area contributed by atoms with Crippen LogP contribution in [0, 0.1) is 0 Å². The normalized spacial score (nSPS) is 11.5. The molecule has 2 N–H and O–H groups in total. The molecule has 0 aromatic carbocycles. The minimum atomic E-state index is -0.931. The van der Waals surface area contributed by atoms with Crippen molar-refractivity contribution in [3.05, 3.63) is 0 Å². The number of rotatable bonds is 6. The first-order chi connectivity index (χ1) is 6.76. The maximum absolute atomic E-state index is 11.5. The minimum Gasteiger partial charge on any atom is -0.480 e. The summed E-state index contributed by atoms with van der Waals surface area (Å²) in [6.45, 7) is 5.83. The third kappa shape index (κ3) is 6.90. The summed E-state index contributed by atoms with van der Waals surface area (Å²) >= 11 is 0. The number of hydrogen-bond acceptors (Lipinski definition) is 3. The van der Waals surface area contributed by atoms with Crippen molar-refractivity contribution >= 4 is 11.9 Å². The lowest BCUT2D eigenvalue weighted by molar-refractivity contribution is -0.138. The number of carboxylic acids is 1. The van der Waals surface area contributed by atoms with E-state index in [0.717, 1.165) is 6.42 Å². The van der Waals surface area contributed by atoms with Crippen LogP contribution >= 0.6 is 0 Å². The Morgan fingerprint density at radius 1 is 1.33 bits per heavy atom. The van der Waals surface area contributed by atoms with Crippen LogP contribution in [0.5, 0.6) is 0 Å². The average Bonchev–Trinajstić information content (AvgIpc) is 2.00. The van der Waals surface area contributed by atoms with Crippen LogP contribution in [-0.2, 0) is 9.59 Å². The second-order valence-electron chi connectivity index (χ2n) is 4.35. The Labute approximate surface area is 90.5 Å². The molecule has 0 heterocycles. The van der Waals surface area contributed by atoms with Gasteiger partial charge in [0.15, 0.2) is 0 Å². The molecule has 0 fully saturated rings. The lowest BCUT2D eigenvalue weighted by Crippen LogP contribution is -2.47. The molecule has 0 spiro atoms. The second-order valence-corrected chi connectivity index (χ2v) is 4.35. The summed E-state index contributed by atoms with van der Waals surface area (Å²) in [6.07, 6.45) is 0.835. The van der Waals surface area contributed by atoms with Crippen molar-refractivity contribution in [2.24, 2.45) is 0 Å². The standard InChI is InChI=1S/C10H20N2O3/c1-5-10(2,3)11-8(13)6-12(4)7-9(14)15/h5-7H2,1-4H3,(H,11,13)(H,14,15). The van der Waals surface area contributed by atoms with Gasteiger partial charge in [0.1, 0.15) is 0 Å². The van der Waals surface area contributed by atoms with E-state index in [9.17, 15) is 9.59 Å². The van der Waals surface area contributed by atoms with E-state index in [4.69, 9.17) is 5.11 Å². The van der Waals surface area contributed by atoms with Gasteiger partial charge in [-0.2, -0.15) is 0 Å². The highest BCUT2D eigenvalue weighted by Crippen LogP contribution is 2.06. The van der Waals surface area contributed by atoms with E-state index >= 15 is 0 Å². The highest BCUT2D eigenvalue weighted by Gasteiger charge is 2.18. The Kier molecular flexibility index (Phi) is 5.28. The molecule has 0 aromatic rings. The highest BCUT2D eigenvalue weighted by atomic mass is 16.4. The molecule has 5 heteroatoms. The topological polar surface area (TPSA) is 69.6 Å². The Morgan fingerprint density at radius 3 is 2.27 bits per heavy atom. The molecule has 0 unspecified atom stereocenters. The number of nitrogens with zero attached hydrogens (tertiary/aromatic N) is 1. The van der Waals surface area contributed by atoms with Gasteiger partial charge in [0.05, 0.1) is 13.1 Å². The Morgan fingerprint density at radius 2 is 1.87 bits per heavy atom. The third-order valence-corrected chi connectivity index (χ3v) is 2.18. The molecule has 1 amide bonds. The van der Waals surface area contributed by atoms with E-state index in [1.165, 1.54) is 4.90 Å². The molecule has 15 heavy (non-hydrogen) atoms. The summed E-state index contributed by atoms with van der Waals surface area (Å²) in [5.41, 5.74) is -0.235. The van der Waals surface area contributed by atoms with Crippen LogP contribution in [0.2, 0.25) is 0 Å². The molecule has 0 saturated carbocycles. The van der Waals surface area contributed by atoms with E-state index in [0.29, 0.717) is 0 Å². The molecule has 88 valence electrons. The SMILES string of the molecule is CCC(C)(C)NC(=O)CN(C)CC(=O)O. The zero-order valence-electron chi connectivity index (χ0n) is 9.83. The van der Waals surface area contributed by atoms with E-state index in [2.05, 4.69) is 5.32 Å². The van der Waals surface area contributed by atoms with Crippen molar-refractivity contribution in [2.45, 2.75) is 32.7 Å². The molecule has 0 saturated heterocycles. The summed E-state index contributed by atoms with van der Waals surface area (Å²) < 4.78 is 0. The molecule has 0 rings (SSSR count). The van der Waals surface area contributed by atoms with E-state index in [1.54, 1.807) is 7.05 Å². The lowest BCUT2D eigenvalue weighted by atomic mass is 10.0. The van der Waals surface area contributed by atoms with Gasteiger partial charge in [0, 0.05) is 5.54 Å². The summed E-state index contributed by atoms with van der Waals surface area (Å²) in [4.78, 5) is 23.3. The second kappa shape index (κ2) is 5.70. The summed E-state index contributed by atoms with van der Waals surface area (Å²) in [6, 6.07) is 0. The van der Waals surface area contributed by atoms with E-state index in [1.807, 2.05) is 20.8 Å². The Balaban J connectivity index is 3.98. The molecule has 0 aliphatic rings. The number of aliphatic carboxylic acids is 1. The molecule has 0 aliphatic heterocycles. The van der Waals surface area contributed by atoms with Crippen LogP contribution in [0.4, 0.5) is 0 Å². The molecule has 0 bridgehead atoms. The average molecular weight is 216 g/mol. The fourth-order valence-electron chi connectivity index (χ4n) is 1.04. The van der Waals surface area contributed by atoms with Crippen molar-refractivity contribution in [3.8, 4) is 0 Å². The molecular weight excluding hydrogens is 196 g/mol. The van der Waals surface area contributed by atoms with Gasteiger partial charge in [0.2, 0.25) is 5.91 Å². The van der Waals surface area contributed by atoms with Gasteiger partial charge >= 0.3 is 5.97 Å². The number of likely N-dealkylation sites (N-methyl/N-ethyl adjacent to an activating group) is 1. The summed E-state index contributed by atoms with van der Waals surface area (Å²) in [5.74, 6) is -1.08. The van der Waals surface area contributed by atoms with Gasteiger partial charge in [-0.05, 0) is 27.3 Å². The fraction of sp³-hybridized carbons (Fsp3) is 0.800. The van der Waals surface area contributed by atoms with Crippen LogP contribution < -0.4 is 5.32 Å². The number of hydrogen-bond donors (Lipinski definition) is 2. The number of amides is 1. The molecule has 0 radical (unpaired) electrons. The number of carbonyl (C=O) groups is 2. The van der Waals surface area contributed by atoms with Crippen molar-refractivity contribution in [1.29, 1.82) is 0 Å². The molecule has 0 aliphatic carbocycles. The van der Waals surface area contributed by atoms with E-state index < -0.39 is 5.97 Å². The van der Waals surface area contributed by atoms with Crippen molar-refractivity contribution < 1.29 is 14.7 Å². The Hall–Kier alpha value is -1.10. The number of carboxylic acid groups (broad SMARTS) is 1. The van der Waals surface area contributed by atoms with Gasteiger partial charge < -0.3 is 10.4 Å². The zero-order valence-corrected chi connectivity index (χ0v) is 9.83. The number of nitrogens with one attached hydrogen (secondary N) is 1. The van der Waals surface area contributed by atoms with Gasteiger partial charge in [-0.15, -0.1) is 0 Å². The zero-order chi connectivity index (χ0) is 12.1. The first kappa shape index (κ1) is 13.9. The molecule has 5 nitrogen and oxygen atoms in total. The Bertz CT molecular complexity index is 239. The minimum absolute atomic E-state index is 0.107. The van der Waals surface area contributed by atoms with Gasteiger partial charge in [0.25, 0.3) is 0 Å².